The SMILES string of the molecule is CCN(CC)CCNC(C)CN1CCOCC1. The van der Waals surface area contributed by atoms with E-state index < -0.39 is 0 Å². The summed E-state index contributed by atoms with van der Waals surface area (Å²) in [5.74, 6) is 0. The van der Waals surface area contributed by atoms with Crippen LogP contribution in [-0.2, 0) is 4.74 Å². The molecule has 1 unspecified atom stereocenters. The van der Waals surface area contributed by atoms with Crippen molar-refractivity contribution >= 4 is 0 Å². The molecule has 0 aromatic rings. The summed E-state index contributed by atoms with van der Waals surface area (Å²) in [5.41, 5.74) is 0. The molecule has 0 radical (unpaired) electrons. The number of ether oxygens (including phenoxy) is 1. The molecule has 0 aromatic heterocycles. The maximum atomic E-state index is 5.35. The minimum Gasteiger partial charge on any atom is -0.379 e. The Morgan fingerprint density at radius 3 is 2.47 bits per heavy atom. The normalized spacial score (nSPS) is 19.8. The van der Waals surface area contributed by atoms with Crippen molar-refractivity contribution < 1.29 is 4.74 Å². The molecule has 0 aromatic carbocycles. The topological polar surface area (TPSA) is 27.7 Å². The lowest BCUT2D eigenvalue weighted by Crippen LogP contribution is -2.45. The molecule has 0 spiro atoms. The van der Waals surface area contributed by atoms with Crippen molar-refractivity contribution in [1.29, 1.82) is 0 Å². The molecule has 1 heterocycles. The highest BCUT2D eigenvalue weighted by atomic mass is 16.5. The molecule has 1 atom stereocenters. The molecule has 17 heavy (non-hydrogen) atoms. The van der Waals surface area contributed by atoms with E-state index in [2.05, 4.69) is 35.9 Å². The molecular weight excluding hydrogens is 214 g/mol. The van der Waals surface area contributed by atoms with Gasteiger partial charge in [0.15, 0.2) is 0 Å². The monoisotopic (exact) mass is 243 g/mol. The summed E-state index contributed by atoms with van der Waals surface area (Å²) in [5, 5.41) is 3.60. The number of hydrogen-bond donors (Lipinski definition) is 1. The van der Waals surface area contributed by atoms with Crippen molar-refractivity contribution in [2.75, 3.05) is 59.0 Å². The smallest absolute Gasteiger partial charge is 0.0594 e. The third-order valence-corrected chi connectivity index (χ3v) is 3.45. The van der Waals surface area contributed by atoms with E-state index in [4.69, 9.17) is 4.74 Å². The van der Waals surface area contributed by atoms with E-state index in [0.717, 1.165) is 59.0 Å². The molecule has 4 heteroatoms. The van der Waals surface area contributed by atoms with Crippen LogP contribution in [0.2, 0.25) is 0 Å². The van der Waals surface area contributed by atoms with E-state index in [0.29, 0.717) is 6.04 Å². The summed E-state index contributed by atoms with van der Waals surface area (Å²) in [6, 6.07) is 0.573. The van der Waals surface area contributed by atoms with Gasteiger partial charge >= 0.3 is 0 Å². The van der Waals surface area contributed by atoms with Crippen molar-refractivity contribution in [2.24, 2.45) is 0 Å². The Balaban J connectivity index is 2.05. The molecule has 1 N–H and O–H groups in total. The second kappa shape index (κ2) is 8.86. The van der Waals surface area contributed by atoms with Crippen molar-refractivity contribution in [3.05, 3.63) is 0 Å². The van der Waals surface area contributed by atoms with Gasteiger partial charge in [-0.25, -0.2) is 0 Å². The van der Waals surface area contributed by atoms with E-state index in [-0.39, 0.29) is 0 Å². The Morgan fingerprint density at radius 1 is 1.24 bits per heavy atom. The number of nitrogens with zero attached hydrogens (tertiary/aromatic N) is 2. The Hall–Kier alpha value is -0.160. The van der Waals surface area contributed by atoms with Gasteiger partial charge in [0, 0.05) is 38.8 Å². The summed E-state index contributed by atoms with van der Waals surface area (Å²) in [6.07, 6.45) is 0. The highest BCUT2D eigenvalue weighted by Gasteiger charge is 2.13. The number of likely N-dealkylation sites (N-methyl/N-ethyl adjacent to an activating group) is 1. The maximum absolute atomic E-state index is 5.35. The van der Waals surface area contributed by atoms with Gasteiger partial charge in [-0.05, 0) is 20.0 Å². The lowest BCUT2D eigenvalue weighted by atomic mass is 10.3. The second-order valence-electron chi connectivity index (χ2n) is 4.80. The van der Waals surface area contributed by atoms with Crippen LogP contribution in [0.5, 0.6) is 0 Å². The molecule has 0 aliphatic carbocycles. The van der Waals surface area contributed by atoms with Crippen molar-refractivity contribution in [2.45, 2.75) is 26.8 Å². The third-order valence-electron chi connectivity index (χ3n) is 3.45. The highest BCUT2D eigenvalue weighted by molar-refractivity contribution is 4.70. The Labute approximate surface area is 106 Å². The van der Waals surface area contributed by atoms with E-state index in [9.17, 15) is 0 Å². The maximum Gasteiger partial charge on any atom is 0.0594 e. The molecular formula is C13H29N3O. The zero-order valence-electron chi connectivity index (χ0n) is 11.7. The van der Waals surface area contributed by atoms with E-state index in [1.165, 1.54) is 0 Å². The fourth-order valence-electron chi connectivity index (χ4n) is 2.24. The standard InChI is InChI=1S/C13H29N3O/c1-4-15(5-2)7-6-14-13(3)12-16-8-10-17-11-9-16/h13-14H,4-12H2,1-3H3. The lowest BCUT2D eigenvalue weighted by Gasteiger charge is -2.29. The van der Waals surface area contributed by atoms with Crippen molar-refractivity contribution in [1.82, 2.24) is 15.1 Å². The Morgan fingerprint density at radius 2 is 1.88 bits per heavy atom. The van der Waals surface area contributed by atoms with Crippen LogP contribution < -0.4 is 5.32 Å². The van der Waals surface area contributed by atoms with Crippen LogP contribution in [0.1, 0.15) is 20.8 Å². The fraction of sp³-hybridized carbons (Fsp3) is 1.00. The van der Waals surface area contributed by atoms with E-state index in [1.54, 1.807) is 0 Å². The number of morpholine rings is 1. The molecule has 0 amide bonds. The first-order chi connectivity index (χ1) is 8.26. The molecule has 1 rings (SSSR count). The van der Waals surface area contributed by atoms with Gasteiger partial charge in [-0.1, -0.05) is 13.8 Å². The minimum absolute atomic E-state index is 0.573. The van der Waals surface area contributed by atoms with Crippen molar-refractivity contribution in [3.8, 4) is 0 Å². The van der Waals surface area contributed by atoms with Gasteiger partial charge in [-0.3, -0.25) is 4.90 Å². The summed E-state index contributed by atoms with van der Waals surface area (Å²) < 4.78 is 5.35. The van der Waals surface area contributed by atoms with Gasteiger partial charge < -0.3 is 15.0 Å². The molecule has 0 bridgehead atoms. The van der Waals surface area contributed by atoms with Crippen LogP contribution in [0, 0.1) is 0 Å². The van der Waals surface area contributed by atoms with Gasteiger partial charge in [-0.15, -0.1) is 0 Å². The Kier molecular flexibility index (Phi) is 7.77. The minimum atomic E-state index is 0.573. The molecule has 1 aliphatic heterocycles. The molecule has 102 valence electrons. The summed E-state index contributed by atoms with van der Waals surface area (Å²) in [4.78, 5) is 4.94. The first kappa shape index (κ1) is 14.9. The van der Waals surface area contributed by atoms with Gasteiger partial charge in [0.05, 0.1) is 13.2 Å². The van der Waals surface area contributed by atoms with Gasteiger partial charge in [0.1, 0.15) is 0 Å². The first-order valence-electron chi connectivity index (χ1n) is 7.02. The van der Waals surface area contributed by atoms with Gasteiger partial charge in [-0.2, -0.15) is 0 Å². The predicted octanol–water partition coefficient (Wildman–Crippen LogP) is 0.639. The predicted molar refractivity (Wildman–Crippen MR) is 72.5 cm³/mol. The number of nitrogens with one attached hydrogen (secondary N) is 1. The number of rotatable bonds is 8. The zero-order valence-corrected chi connectivity index (χ0v) is 11.7. The molecule has 1 saturated heterocycles. The largest absolute Gasteiger partial charge is 0.379 e. The van der Waals surface area contributed by atoms with Crippen LogP contribution in [0.3, 0.4) is 0 Å². The van der Waals surface area contributed by atoms with Crippen LogP contribution >= 0.6 is 0 Å². The number of hydrogen-bond acceptors (Lipinski definition) is 4. The van der Waals surface area contributed by atoms with Crippen LogP contribution in [0.4, 0.5) is 0 Å². The molecule has 1 fully saturated rings. The first-order valence-corrected chi connectivity index (χ1v) is 7.02. The summed E-state index contributed by atoms with van der Waals surface area (Å²) in [7, 11) is 0. The third kappa shape index (κ3) is 6.36. The van der Waals surface area contributed by atoms with Crippen LogP contribution in [0.25, 0.3) is 0 Å². The highest BCUT2D eigenvalue weighted by Crippen LogP contribution is 1.98. The lowest BCUT2D eigenvalue weighted by molar-refractivity contribution is 0.0343. The van der Waals surface area contributed by atoms with Crippen LogP contribution in [-0.4, -0.2) is 74.9 Å². The van der Waals surface area contributed by atoms with Gasteiger partial charge in [0.2, 0.25) is 0 Å². The molecule has 1 aliphatic rings. The van der Waals surface area contributed by atoms with Crippen molar-refractivity contribution in [3.63, 3.8) is 0 Å². The average molecular weight is 243 g/mol. The van der Waals surface area contributed by atoms with Gasteiger partial charge in [0.25, 0.3) is 0 Å². The Bertz CT molecular complexity index is 180. The molecule has 4 nitrogen and oxygen atoms in total. The van der Waals surface area contributed by atoms with Crippen LogP contribution in [0.15, 0.2) is 0 Å². The summed E-state index contributed by atoms with van der Waals surface area (Å²) in [6.45, 7) is 16.4. The molecule has 0 saturated carbocycles. The van der Waals surface area contributed by atoms with E-state index in [1.807, 2.05) is 0 Å². The fourth-order valence-corrected chi connectivity index (χ4v) is 2.24. The quantitative estimate of drug-likeness (QED) is 0.677. The second-order valence-corrected chi connectivity index (χ2v) is 4.80. The average Bonchev–Trinajstić information content (AvgIpc) is 2.36. The zero-order chi connectivity index (χ0) is 12.5. The summed E-state index contributed by atoms with van der Waals surface area (Å²) >= 11 is 0. The van der Waals surface area contributed by atoms with E-state index >= 15 is 0 Å².